The average molecular weight is 300 g/mol. The van der Waals surface area contributed by atoms with E-state index in [1.165, 1.54) is 0 Å². The van der Waals surface area contributed by atoms with Crippen LogP contribution in [0.4, 0.5) is 4.79 Å². The molecule has 0 aromatic carbocycles. The largest absolute Gasteiger partial charge is 0.383 e. The number of hydrogen-bond acceptors (Lipinski definition) is 3. The lowest BCUT2D eigenvalue weighted by Gasteiger charge is -2.48. The van der Waals surface area contributed by atoms with Crippen molar-refractivity contribution in [2.45, 2.75) is 52.2 Å². The van der Waals surface area contributed by atoms with E-state index in [1.54, 1.807) is 14.2 Å². The Morgan fingerprint density at radius 1 is 1.24 bits per heavy atom. The minimum absolute atomic E-state index is 0.0637. The Labute approximate surface area is 129 Å². The number of nitrogens with zero attached hydrogens (tertiary/aromatic N) is 2. The van der Waals surface area contributed by atoms with Gasteiger partial charge in [-0.05, 0) is 18.8 Å². The number of carbonyl (C=O) groups is 1. The molecule has 0 N–H and O–H groups in total. The molecule has 1 heterocycles. The third-order valence-corrected chi connectivity index (χ3v) is 4.94. The van der Waals surface area contributed by atoms with Gasteiger partial charge in [0, 0.05) is 33.9 Å². The number of carbonyl (C=O) groups excluding carboxylic acids is 1. The number of hydrogen-bond donors (Lipinski definition) is 0. The molecule has 2 amide bonds. The predicted molar refractivity (Wildman–Crippen MR) is 84.5 cm³/mol. The van der Waals surface area contributed by atoms with Crippen molar-refractivity contribution in [3.05, 3.63) is 0 Å². The zero-order valence-electron chi connectivity index (χ0n) is 14.5. The number of methoxy groups -OCH3 is 2. The maximum Gasteiger partial charge on any atom is 0.320 e. The van der Waals surface area contributed by atoms with Gasteiger partial charge < -0.3 is 19.3 Å². The maximum absolute atomic E-state index is 12.8. The number of urea groups is 1. The Bertz CT molecular complexity index is 331. The maximum atomic E-state index is 12.8. The topological polar surface area (TPSA) is 42.0 Å². The van der Waals surface area contributed by atoms with Crippen LogP contribution in [0.5, 0.6) is 0 Å². The molecule has 124 valence electrons. The summed E-state index contributed by atoms with van der Waals surface area (Å²) in [6, 6.07) is 0.123. The van der Waals surface area contributed by atoms with Crippen molar-refractivity contribution in [1.29, 1.82) is 0 Å². The Morgan fingerprint density at radius 2 is 1.90 bits per heavy atom. The molecule has 0 spiro atoms. The minimum atomic E-state index is -0.234. The van der Waals surface area contributed by atoms with E-state index in [1.807, 2.05) is 9.80 Å². The van der Waals surface area contributed by atoms with E-state index >= 15 is 0 Å². The van der Waals surface area contributed by atoms with Gasteiger partial charge in [0.15, 0.2) is 0 Å². The Balaban J connectivity index is 3.02. The molecule has 0 radical (unpaired) electrons. The molecule has 1 saturated heterocycles. The Morgan fingerprint density at radius 3 is 2.33 bits per heavy atom. The van der Waals surface area contributed by atoms with Crippen molar-refractivity contribution in [1.82, 2.24) is 9.80 Å². The van der Waals surface area contributed by atoms with Crippen LogP contribution >= 0.6 is 0 Å². The first kappa shape index (κ1) is 18.2. The highest BCUT2D eigenvalue weighted by Crippen LogP contribution is 2.37. The third-order valence-electron chi connectivity index (χ3n) is 4.94. The molecule has 0 bridgehead atoms. The van der Waals surface area contributed by atoms with E-state index in [4.69, 9.17) is 9.47 Å². The van der Waals surface area contributed by atoms with Gasteiger partial charge in [0.1, 0.15) is 0 Å². The number of amides is 2. The molecule has 0 aromatic rings. The van der Waals surface area contributed by atoms with Gasteiger partial charge in [0.2, 0.25) is 0 Å². The van der Waals surface area contributed by atoms with Gasteiger partial charge in [-0.15, -0.1) is 0 Å². The molecule has 0 aromatic heterocycles. The fourth-order valence-corrected chi connectivity index (χ4v) is 3.79. The molecule has 2 unspecified atom stereocenters. The van der Waals surface area contributed by atoms with Gasteiger partial charge in [-0.25, -0.2) is 4.79 Å². The van der Waals surface area contributed by atoms with Gasteiger partial charge >= 0.3 is 6.03 Å². The Kier molecular flexibility index (Phi) is 6.94. The van der Waals surface area contributed by atoms with Crippen LogP contribution in [0, 0.1) is 5.92 Å². The summed E-state index contributed by atoms with van der Waals surface area (Å²) in [7, 11) is 3.42. The Hall–Kier alpha value is -0.810. The fourth-order valence-electron chi connectivity index (χ4n) is 3.79. The monoisotopic (exact) mass is 300 g/mol. The SMILES string of the molecule is CCC(OC)C(CC)(C(C)C)N1CCN(CCOC)C1=O. The van der Waals surface area contributed by atoms with E-state index < -0.39 is 0 Å². The van der Waals surface area contributed by atoms with Crippen molar-refractivity contribution in [2.75, 3.05) is 40.5 Å². The van der Waals surface area contributed by atoms with Crippen molar-refractivity contribution >= 4 is 6.03 Å². The van der Waals surface area contributed by atoms with Crippen LogP contribution in [0.25, 0.3) is 0 Å². The van der Waals surface area contributed by atoms with Crippen LogP contribution < -0.4 is 0 Å². The summed E-state index contributed by atoms with van der Waals surface area (Å²) >= 11 is 0. The summed E-state index contributed by atoms with van der Waals surface area (Å²) < 4.78 is 10.9. The molecule has 1 fully saturated rings. The van der Waals surface area contributed by atoms with Crippen molar-refractivity contribution in [3.8, 4) is 0 Å². The smallest absolute Gasteiger partial charge is 0.320 e. The van der Waals surface area contributed by atoms with Crippen LogP contribution in [-0.4, -0.2) is 67.9 Å². The summed E-state index contributed by atoms with van der Waals surface area (Å²) in [5.74, 6) is 0.346. The minimum Gasteiger partial charge on any atom is -0.383 e. The summed E-state index contributed by atoms with van der Waals surface area (Å²) in [4.78, 5) is 16.7. The molecule has 2 atom stereocenters. The van der Waals surface area contributed by atoms with Crippen molar-refractivity contribution in [2.24, 2.45) is 5.92 Å². The predicted octanol–water partition coefficient (Wildman–Crippen LogP) is 2.60. The molecule has 0 saturated carbocycles. The molecular weight excluding hydrogens is 268 g/mol. The fraction of sp³-hybridized carbons (Fsp3) is 0.938. The molecule has 5 nitrogen and oxygen atoms in total. The summed E-state index contributed by atoms with van der Waals surface area (Å²) in [6.07, 6.45) is 1.87. The molecule has 1 rings (SSSR count). The summed E-state index contributed by atoms with van der Waals surface area (Å²) in [6.45, 7) is 11.5. The highest BCUT2D eigenvalue weighted by Gasteiger charge is 2.50. The first-order valence-corrected chi connectivity index (χ1v) is 8.07. The molecule has 5 heteroatoms. The zero-order valence-corrected chi connectivity index (χ0v) is 14.5. The normalized spacial score (nSPS) is 20.2. The molecule has 0 aliphatic carbocycles. The first-order chi connectivity index (χ1) is 9.99. The average Bonchev–Trinajstić information content (AvgIpc) is 2.83. The summed E-state index contributed by atoms with van der Waals surface area (Å²) in [5, 5.41) is 0. The number of rotatable bonds is 9. The molecular formula is C16H32N2O3. The van der Waals surface area contributed by atoms with Crippen LogP contribution in [0.2, 0.25) is 0 Å². The lowest BCUT2D eigenvalue weighted by molar-refractivity contribution is -0.0606. The van der Waals surface area contributed by atoms with Gasteiger partial charge in [-0.2, -0.15) is 0 Å². The van der Waals surface area contributed by atoms with Crippen LogP contribution in [-0.2, 0) is 9.47 Å². The van der Waals surface area contributed by atoms with E-state index in [2.05, 4.69) is 27.7 Å². The zero-order chi connectivity index (χ0) is 16.0. The van der Waals surface area contributed by atoms with Crippen LogP contribution in [0.15, 0.2) is 0 Å². The van der Waals surface area contributed by atoms with Gasteiger partial charge in [-0.1, -0.05) is 27.7 Å². The number of ether oxygens (including phenoxy) is 2. The highest BCUT2D eigenvalue weighted by molar-refractivity contribution is 5.77. The van der Waals surface area contributed by atoms with E-state index in [9.17, 15) is 4.79 Å². The van der Waals surface area contributed by atoms with Crippen molar-refractivity contribution < 1.29 is 14.3 Å². The first-order valence-electron chi connectivity index (χ1n) is 8.07. The lowest BCUT2D eigenvalue weighted by atomic mass is 9.76. The molecule has 1 aliphatic rings. The van der Waals surface area contributed by atoms with Gasteiger partial charge in [-0.3, -0.25) is 0 Å². The highest BCUT2D eigenvalue weighted by atomic mass is 16.5. The van der Waals surface area contributed by atoms with Crippen molar-refractivity contribution in [3.63, 3.8) is 0 Å². The van der Waals surface area contributed by atoms with E-state index in [-0.39, 0.29) is 17.7 Å². The van der Waals surface area contributed by atoms with Gasteiger partial charge in [0.25, 0.3) is 0 Å². The molecule has 21 heavy (non-hydrogen) atoms. The van der Waals surface area contributed by atoms with E-state index in [0.29, 0.717) is 19.1 Å². The lowest BCUT2D eigenvalue weighted by Crippen LogP contribution is -2.61. The van der Waals surface area contributed by atoms with E-state index in [0.717, 1.165) is 25.9 Å². The van der Waals surface area contributed by atoms with Crippen LogP contribution in [0.3, 0.4) is 0 Å². The van der Waals surface area contributed by atoms with Crippen LogP contribution in [0.1, 0.15) is 40.5 Å². The second kappa shape index (κ2) is 7.99. The second-order valence-corrected chi connectivity index (χ2v) is 6.05. The van der Waals surface area contributed by atoms with Gasteiger partial charge in [0.05, 0.1) is 18.2 Å². The third kappa shape index (κ3) is 3.34. The standard InChI is InChI=1S/C16H32N2O3/c1-7-14(21-6)16(8-2,13(3)4)18-10-9-17(15(18)19)11-12-20-5/h13-14H,7-12H2,1-6H3. The molecule has 1 aliphatic heterocycles. The quantitative estimate of drug-likeness (QED) is 0.657. The summed E-state index contributed by atoms with van der Waals surface area (Å²) in [5.41, 5.74) is -0.234. The second-order valence-electron chi connectivity index (χ2n) is 6.05.